The van der Waals surface area contributed by atoms with Crippen LogP contribution in [0.4, 0.5) is 0 Å². The first-order valence-corrected chi connectivity index (χ1v) is 7.03. The van der Waals surface area contributed by atoms with Gasteiger partial charge in [0.15, 0.2) is 5.71 Å². The highest BCUT2D eigenvalue weighted by Gasteiger charge is 2.15. The Hall–Kier alpha value is -1.99. The van der Waals surface area contributed by atoms with Crippen molar-refractivity contribution in [1.82, 2.24) is 15.2 Å². The third kappa shape index (κ3) is 4.80. The highest BCUT2D eigenvalue weighted by atomic mass is 16.5. The second-order valence-electron chi connectivity index (χ2n) is 4.73. The number of rotatable bonds is 6. The number of amides is 1. The van der Waals surface area contributed by atoms with Gasteiger partial charge >= 0.3 is 0 Å². The number of hydrogen-bond acceptors (Lipinski definition) is 6. The quantitative estimate of drug-likeness (QED) is 0.336. The zero-order valence-electron chi connectivity index (χ0n) is 11.9. The number of morpholine rings is 1. The van der Waals surface area contributed by atoms with Gasteiger partial charge in [0.05, 0.1) is 18.9 Å². The predicted octanol–water partition coefficient (Wildman–Crippen LogP) is 0.0984. The highest BCUT2D eigenvalue weighted by molar-refractivity contribution is 6.44. The maximum Gasteiger partial charge on any atom is 0.275 e. The molecule has 1 aromatic heterocycles. The Kier molecular flexibility index (Phi) is 6.11. The molecule has 0 atom stereocenters. The van der Waals surface area contributed by atoms with E-state index in [9.17, 15) is 4.79 Å². The van der Waals surface area contributed by atoms with Gasteiger partial charge in [-0.2, -0.15) is 0 Å². The van der Waals surface area contributed by atoms with Gasteiger partial charge in [-0.1, -0.05) is 11.2 Å². The number of ether oxygens (including phenoxy) is 1. The van der Waals surface area contributed by atoms with Crippen LogP contribution in [0.5, 0.6) is 0 Å². The van der Waals surface area contributed by atoms with Crippen LogP contribution < -0.4 is 5.32 Å². The van der Waals surface area contributed by atoms with Crippen LogP contribution in [-0.2, 0) is 9.53 Å². The predicted molar refractivity (Wildman–Crippen MR) is 77.4 cm³/mol. The molecule has 2 N–H and O–H groups in total. The fourth-order valence-electron chi connectivity index (χ4n) is 2.13. The summed E-state index contributed by atoms with van der Waals surface area (Å²) in [7, 11) is 0. The first-order chi connectivity index (χ1) is 10.3. The van der Waals surface area contributed by atoms with Crippen molar-refractivity contribution in [3.8, 4) is 0 Å². The number of hydrogen-bond donors (Lipinski definition) is 2. The Labute approximate surface area is 123 Å². The molecule has 21 heavy (non-hydrogen) atoms. The monoisotopic (exact) mass is 292 g/mol. The summed E-state index contributed by atoms with van der Waals surface area (Å²) in [6.07, 6.45) is 2.39. The number of nitrogens with one attached hydrogen (secondary N) is 1. The minimum atomic E-state index is -0.418. The van der Waals surface area contributed by atoms with Crippen molar-refractivity contribution < 1.29 is 14.7 Å². The zero-order chi connectivity index (χ0) is 14.9. The molecule has 0 spiro atoms. The first kappa shape index (κ1) is 15.4. The molecule has 1 fully saturated rings. The highest BCUT2D eigenvalue weighted by Crippen LogP contribution is 1.99. The van der Waals surface area contributed by atoms with E-state index >= 15 is 0 Å². The van der Waals surface area contributed by atoms with Crippen LogP contribution in [0.2, 0.25) is 0 Å². The van der Waals surface area contributed by atoms with Crippen LogP contribution >= 0.6 is 0 Å². The molecule has 7 nitrogen and oxygen atoms in total. The van der Waals surface area contributed by atoms with Crippen molar-refractivity contribution in [3.63, 3.8) is 0 Å². The fraction of sp³-hybridized carbons (Fsp3) is 0.500. The van der Waals surface area contributed by atoms with Gasteiger partial charge in [0, 0.05) is 25.8 Å². The molecule has 1 aromatic rings. The molecule has 0 aliphatic carbocycles. The van der Waals surface area contributed by atoms with Gasteiger partial charge in [0.25, 0.3) is 5.91 Å². The van der Waals surface area contributed by atoms with E-state index in [0.717, 1.165) is 39.3 Å². The molecule has 0 bridgehead atoms. The normalized spacial score (nSPS) is 16.7. The second kappa shape index (κ2) is 8.33. The summed E-state index contributed by atoms with van der Waals surface area (Å²) in [5, 5.41) is 14.8. The Morgan fingerprint density at radius 1 is 1.43 bits per heavy atom. The molecule has 0 radical (unpaired) electrons. The van der Waals surface area contributed by atoms with Crippen LogP contribution in [0.3, 0.4) is 0 Å². The Balaban J connectivity index is 1.73. The molecule has 2 rings (SSSR count). The van der Waals surface area contributed by atoms with Crippen molar-refractivity contribution in [3.05, 3.63) is 30.1 Å². The van der Waals surface area contributed by atoms with Gasteiger partial charge in [-0.3, -0.25) is 14.7 Å². The molecular weight excluding hydrogens is 272 g/mol. The number of carbonyl (C=O) groups is 1. The molecule has 2 heterocycles. The van der Waals surface area contributed by atoms with Gasteiger partial charge in [-0.15, -0.1) is 0 Å². The summed E-state index contributed by atoms with van der Waals surface area (Å²) in [6, 6.07) is 5.10. The van der Waals surface area contributed by atoms with Gasteiger partial charge in [0.1, 0.15) is 0 Å². The van der Waals surface area contributed by atoms with E-state index in [2.05, 4.69) is 20.4 Å². The fourth-order valence-corrected chi connectivity index (χ4v) is 2.13. The average molecular weight is 292 g/mol. The summed E-state index contributed by atoms with van der Waals surface area (Å²) >= 11 is 0. The third-order valence-electron chi connectivity index (χ3n) is 3.26. The first-order valence-electron chi connectivity index (χ1n) is 7.03. The zero-order valence-corrected chi connectivity index (χ0v) is 11.9. The smallest absolute Gasteiger partial charge is 0.275 e. The molecule has 0 unspecified atom stereocenters. The maximum absolute atomic E-state index is 12.0. The molecule has 0 aromatic carbocycles. The number of pyridine rings is 1. The molecular formula is C14H20N4O3. The lowest BCUT2D eigenvalue weighted by atomic mass is 10.2. The van der Waals surface area contributed by atoms with Gasteiger partial charge in [0.2, 0.25) is 0 Å². The van der Waals surface area contributed by atoms with Crippen LogP contribution in [0, 0.1) is 0 Å². The summed E-state index contributed by atoms with van der Waals surface area (Å²) < 4.78 is 5.28. The standard InChI is InChI=1S/C14H20N4O3/c19-14(13(17-20)12-4-1-2-5-15-12)16-6-3-7-18-8-10-21-11-9-18/h1-2,4-5,20H,3,6-11H2,(H,16,19)/b17-13+. The molecule has 0 saturated carbocycles. The van der Waals surface area contributed by atoms with Crippen molar-refractivity contribution >= 4 is 11.6 Å². The third-order valence-corrected chi connectivity index (χ3v) is 3.26. The molecule has 7 heteroatoms. The summed E-state index contributed by atoms with van der Waals surface area (Å²) in [5.41, 5.74) is 0.285. The van der Waals surface area contributed by atoms with Crippen molar-refractivity contribution in [2.75, 3.05) is 39.4 Å². The lowest BCUT2D eigenvalue weighted by Gasteiger charge is -2.26. The van der Waals surface area contributed by atoms with Crippen LogP contribution in [0.1, 0.15) is 12.1 Å². The van der Waals surface area contributed by atoms with Gasteiger partial charge < -0.3 is 15.3 Å². The van der Waals surface area contributed by atoms with Crippen molar-refractivity contribution in [2.45, 2.75) is 6.42 Å². The number of nitrogens with zero attached hydrogens (tertiary/aromatic N) is 3. The number of aromatic nitrogens is 1. The van der Waals surface area contributed by atoms with Gasteiger partial charge in [-0.25, -0.2) is 0 Å². The van der Waals surface area contributed by atoms with E-state index in [4.69, 9.17) is 9.94 Å². The van der Waals surface area contributed by atoms with E-state index in [1.165, 1.54) is 0 Å². The Bertz CT molecular complexity index is 472. The lowest BCUT2D eigenvalue weighted by molar-refractivity contribution is -0.114. The summed E-state index contributed by atoms with van der Waals surface area (Å²) in [4.78, 5) is 18.3. The Morgan fingerprint density at radius 3 is 2.90 bits per heavy atom. The molecule has 114 valence electrons. The van der Waals surface area contributed by atoms with E-state index < -0.39 is 5.91 Å². The average Bonchev–Trinajstić information content (AvgIpc) is 2.54. The second-order valence-corrected chi connectivity index (χ2v) is 4.73. The SMILES string of the molecule is O=C(NCCCN1CCOCC1)/C(=N/O)c1ccccn1. The Morgan fingerprint density at radius 2 is 2.24 bits per heavy atom. The number of carbonyl (C=O) groups excluding carboxylic acids is 1. The van der Waals surface area contributed by atoms with Gasteiger partial charge in [-0.05, 0) is 25.1 Å². The minimum Gasteiger partial charge on any atom is -0.410 e. The maximum atomic E-state index is 12.0. The van der Waals surface area contributed by atoms with E-state index in [0.29, 0.717) is 12.2 Å². The molecule has 1 amide bonds. The topological polar surface area (TPSA) is 87.1 Å². The lowest BCUT2D eigenvalue weighted by Crippen LogP contribution is -2.39. The van der Waals surface area contributed by atoms with Crippen LogP contribution in [0.15, 0.2) is 29.6 Å². The molecule has 1 aliphatic rings. The van der Waals surface area contributed by atoms with Crippen LogP contribution in [-0.4, -0.2) is 66.1 Å². The van der Waals surface area contributed by atoms with Crippen molar-refractivity contribution in [1.29, 1.82) is 0 Å². The summed E-state index contributed by atoms with van der Waals surface area (Å²) in [6.45, 7) is 4.86. The molecule has 1 saturated heterocycles. The largest absolute Gasteiger partial charge is 0.410 e. The van der Waals surface area contributed by atoms with E-state index in [-0.39, 0.29) is 5.71 Å². The van der Waals surface area contributed by atoms with E-state index in [1.807, 2.05) is 0 Å². The number of oxime groups is 1. The summed E-state index contributed by atoms with van der Waals surface area (Å²) in [5.74, 6) is -0.418. The van der Waals surface area contributed by atoms with Crippen LogP contribution in [0.25, 0.3) is 0 Å². The van der Waals surface area contributed by atoms with Crippen molar-refractivity contribution in [2.24, 2.45) is 5.16 Å². The van der Waals surface area contributed by atoms with E-state index in [1.54, 1.807) is 24.4 Å². The minimum absolute atomic E-state index is 0.0676. The molecule has 1 aliphatic heterocycles.